The second kappa shape index (κ2) is 7.77. The highest BCUT2D eigenvalue weighted by Gasteiger charge is 2.26. The number of hydrogen-bond acceptors (Lipinski definition) is 3. The van der Waals surface area contributed by atoms with E-state index < -0.39 is 12.1 Å². The van der Waals surface area contributed by atoms with Crippen LogP contribution in [0.1, 0.15) is 49.9 Å². The van der Waals surface area contributed by atoms with Gasteiger partial charge in [-0.1, -0.05) is 35.7 Å². The van der Waals surface area contributed by atoms with Crippen LogP contribution in [0.3, 0.4) is 0 Å². The number of hydrogen-bond donors (Lipinski definition) is 1. The fraction of sp³-hybridized carbons (Fsp3) is 0.529. The molecule has 0 aliphatic heterocycles. The molecular formula is C17H22BrNO3. The third-order valence-corrected chi connectivity index (χ3v) is 4.70. The Bertz CT molecular complexity index is 529. The van der Waals surface area contributed by atoms with Gasteiger partial charge >= 0.3 is 5.97 Å². The Hall–Kier alpha value is -1.36. The van der Waals surface area contributed by atoms with Crippen molar-refractivity contribution in [2.45, 2.75) is 51.7 Å². The summed E-state index contributed by atoms with van der Waals surface area (Å²) in [4.78, 5) is 24.2. The summed E-state index contributed by atoms with van der Waals surface area (Å²) < 4.78 is 6.14. The highest BCUT2D eigenvalue weighted by Crippen LogP contribution is 2.23. The van der Waals surface area contributed by atoms with Gasteiger partial charge in [-0.15, -0.1) is 0 Å². The van der Waals surface area contributed by atoms with Crippen molar-refractivity contribution < 1.29 is 14.3 Å². The van der Waals surface area contributed by atoms with Crippen LogP contribution in [0.2, 0.25) is 0 Å². The van der Waals surface area contributed by atoms with Gasteiger partial charge in [0.2, 0.25) is 0 Å². The minimum absolute atomic E-state index is 0.190. The zero-order valence-corrected chi connectivity index (χ0v) is 14.6. The minimum Gasteiger partial charge on any atom is -0.449 e. The molecule has 0 bridgehead atoms. The van der Waals surface area contributed by atoms with Gasteiger partial charge in [-0.2, -0.15) is 0 Å². The van der Waals surface area contributed by atoms with Gasteiger partial charge in [0.1, 0.15) is 0 Å². The largest absolute Gasteiger partial charge is 0.449 e. The molecule has 1 saturated carbocycles. The summed E-state index contributed by atoms with van der Waals surface area (Å²) in [6.07, 6.45) is 3.72. The zero-order valence-electron chi connectivity index (χ0n) is 13.0. The van der Waals surface area contributed by atoms with Gasteiger partial charge in [-0.3, -0.25) is 4.79 Å². The van der Waals surface area contributed by atoms with E-state index in [1.807, 2.05) is 0 Å². The van der Waals surface area contributed by atoms with Crippen molar-refractivity contribution in [1.29, 1.82) is 0 Å². The second-order valence-corrected chi connectivity index (χ2v) is 6.85. The molecule has 1 aliphatic rings. The van der Waals surface area contributed by atoms with Crippen molar-refractivity contribution in [3.8, 4) is 0 Å². The molecule has 2 rings (SSSR count). The molecule has 0 saturated heterocycles. The second-order valence-electron chi connectivity index (χ2n) is 5.93. The summed E-state index contributed by atoms with van der Waals surface area (Å²) in [6, 6.07) is 7.06. The van der Waals surface area contributed by atoms with Crippen molar-refractivity contribution in [2.24, 2.45) is 5.92 Å². The molecular weight excluding hydrogens is 346 g/mol. The van der Waals surface area contributed by atoms with Crippen LogP contribution in [-0.4, -0.2) is 24.0 Å². The van der Waals surface area contributed by atoms with E-state index in [0.29, 0.717) is 11.5 Å². The highest BCUT2D eigenvalue weighted by atomic mass is 79.9. The lowest BCUT2D eigenvalue weighted by Gasteiger charge is -2.30. The van der Waals surface area contributed by atoms with Gasteiger partial charge in [-0.25, -0.2) is 4.79 Å². The summed E-state index contributed by atoms with van der Waals surface area (Å²) in [5.41, 5.74) is 0.439. The normalized spacial score (nSPS) is 22.7. The smallest absolute Gasteiger partial charge is 0.338 e. The van der Waals surface area contributed by atoms with E-state index in [2.05, 4.69) is 28.2 Å². The average molecular weight is 368 g/mol. The molecule has 1 aromatic carbocycles. The molecule has 22 heavy (non-hydrogen) atoms. The average Bonchev–Trinajstić information content (AvgIpc) is 2.50. The first-order chi connectivity index (χ1) is 10.5. The molecule has 4 nitrogen and oxygen atoms in total. The van der Waals surface area contributed by atoms with Crippen LogP contribution in [0.5, 0.6) is 0 Å². The van der Waals surface area contributed by atoms with Gasteiger partial charge in [0, 0.05) is 10.5 Å². The van der Waals surface area contributed by atoms with Crippen LogP contribution in [0.15, 0.2) is 28.7 Å². The Morgan fingerprint density at radius 1 is 1.23 bits per heavy atom. The van der Waals surface area contributed by atoms with Crippen LogP contribution >= 0.6 is 15.9 Å². The van der Waals surface area contributed by atoms with Crippen LogP contribution in [-0.2, 0) is 9.53 Å². The molecule has 0 heterocycles. The maximum atomic E-state index is 12.2. The van der Waals surface area contributed by atoms with Gasteiger partial charge in [0.25, 0.3) is 5.91 Å². The highest BCUT2D eigenvalue weighted by molar-refractivity contribution is 9.10. The Morgan fingerprint density at radius 2 is 1.86 bits per heavy atom. The predicted octanol–water partition coefficient (Wildman–Crippen LogP) is 3.69. The maximum absolute atomic E-state index is 12.2. The van der Waals surface area contributed by atoms with Gasteiger partial charge in [0.05, 0.1) is 5.56 Å². The lowest BCUT2D eigenvalue weighted by molar-refractivity contribution is -0.130. The fourth-order valence-corrected chi connectivity index (χ4v) is 2.96. The summed E-state index contributed by atoms with van der Waals surface area (Å²) in [5, 5.41) is 3.01. The third-order valence-electron chi connectivity index (χ3n) is 4.17. The molecule has 3 atom stereocenters. The number of amides is 1. The van der Waals surface area contributed by atoms with Gasteiger partial charge < -0.3 is 10.1 Å². The van der Waals surface area contributed by atoms with E-state index >= 15 is 0 Å². The van der Waals surface area contributed by atoms with Gasteiger partial charge in [-0.05, 0) is 49.9 Å². The van der Waals surface area contributed by atoms with Crippen LogP contribution in [0.4, 0.5) is 0 Å². The Balaban J connectivity index is 1.87. The number of benzene rings is 1. The van der Waals surface area contributed by atoms with Crippen LogP contribution < -0.4 is 5.32 Å². The number of nitrogens with one attached hydrogen (secondary N) is 1. The van der Waals surface area contributed by atoms with Crippen molar-refractivity contribution in [3.63, 3.8) is 0 Å². The van der Waals surface area contributed by atoms with E-state index in [0.717, 1.165) is 23.7 Å². The minimum atomic E-state index is -0.787. The number of ether oxygens (including phenoxy) is 1. The van der Waals surface area contributed by atoms with Crippen LogP contribution in [0, 0.1) is 5.92 Å². The zero-order chi connectivity index (χ0) is 16.1. The number of carbonyl (C=O) groups is 2. The monoisotopic (exact) mass is 367 g/mol. The quantitative estimate of drug-likeness (QED) is 0.825. The molecule has 5 heteroatoms. The van der Waals surface area contributed by atoms with Crippen LogP contribution in [0.25, 0.3) is 0 Å². The van der Waals surface area contributed by atoms with Gasteiger partial charge in [0.15, 0.2) is 6.10 Å². The van der Waals surface area contributed by atoms with Crippen molar-refractivity contribution in [3.05, 3.63) is 34.3 Å². The Labute approximate surface area is 139 Å². The molecule has 0 spiro atoms. The third kappa shape index (κ3) is 4.57. The lowest BCUT2D eigenvalue weighted by atomic mass is 9.86. The topological polar surface area (TPSA) is 55.4 Å². The van der Waals surface area contributed by atoms with E-state index in [-0.39, 0.29) is 11.9 Å². The standard InChI is InChI=1S/C17H22BrNO3/c1-11-5-3-4-6-15(11)19-16(20)12(2)22-17(21)13-7-9-14(18)10-8-13/h7-12,15H,3-6H2,1-2H3,(H,19,20). The first-order valence-electron chi connectivity index (χ1n) is 7.74. The summed E-state index contributed by atoms with van der Waals surface area (Å²) >= 11 is 3.31. The van der Waals surface area contributed by atoms with Crippen molar-refractivity contribution >= 4 is 27.8 Å². The molecule has 1 amide bonds. The number of carbonyl (C=O) groups excluding carboxylic acids is 2. The number of rotatable bonds is 4. The van der Waals surface area contributed by atoms with Crippen molar-refractivity contribution in [2.75, 3.05) is 0 Å². The molecule has 3 unspecified atom stereocenters. The molecule has 0 radical (unpaired) electrons. The molecule has 1 aliphatic carbocycles. The SMILES string of the molecule is CC(OC(=O)c1ccc(Br)cc1)C(=O)NC1CCCCC1C. The molecule has 1 N–H and O–H groups in total. The molecule has 120 valence electrons. The number of halogens is 1. The van der Waals surface area contributed by atoms with E-state index in [1.54, 1.807) is 31.2 Å². The van der Waals surface area contributed by atoms with Crippen molar-refractivity contribution in [1.82, 2.24) is 5.32 Å². The first-order valence-corrected chi connectivity index (χ1v) is 8.53. The molecule has 1 fully saturated rings. The first kappa shape index (κ1) is 17.0. The van der Waals surface area contributed by atoms with E-state index in [4.69, 9.17) is 4.74 Å². The molecule has 0 aromatic heterocycles. The Morgan fingerprint density at radius 3 is 2.50 bits per heavy atom. The van der Waals surface area contributed by atoms with E-state index in [9.17, 15) is 9.59 Å². The molecule has 1 aromatic rings. The fourth-order valence-electron chi connectivity index (χ4n) is 2.70. The predicted molar refractivity (Wildman–Crippen MR) is 88.6 cm³/mol. The summed E-state index contributed by atoms with van der Waals surface area (Å²) in [7, 11) is 0. The summed E-state index contributed by atoms with van der Waals surface area (Å²) in [6.45, 7) is 3.77. The Kier molecular flexibility index (Phi) is 6.00. The maximum Gasteiger partial charge on any atom is 0.338 e. The number of esters is 1. The lowest BCUT2D eigenvalue weighted by Crippen LogP contribution is -2.45. The van der Waals surface area contributed by atoms with E-state index in [1.165, 1.54) is 6.42 Å². The summed E-state index contributed by atoms with van der Waals surface area (Å²) in [5.74, 6) is -0.219.